The van der Waals surface area contributed by atoms with Crippen molar-refractivity contribution in [2.24, 2.45) is 11.3 Å². The number of rotatable bonds is 7. The third-order valence-corrected chi connectivity index (χ3v) is 4.79. The monoisotopic (exact) mass is 335 g/mol. The number of amides is 2. The zero-order valence-electron chi connectivity index (χ0n) is 14.2. The molecule has 0 aromatic carbocycles. The van der Waals surface area contributed by atoms with Gasteiger partial charge in [0, 0.05) is 11.9 Å². The van der Waals surface area contributed by atoms with Gasteiger partial charge in [-0.25, -0.2) is 15.0 Å². The predicted molar refractivity (Wildman–Crippen MR) is 87.8 cm³/mol. The molecule has 0 aliphatic heterocycles. The first kappa shape index (κ1) is 18.1. The van der Waals surface area contributed by atoms with E-state index in [9.17, 15) is 14.8 Å². The Morgan fingerprint density at radius 3 is 2.79 bits per heavy atom. The summed E-state index contributed by atoms with van der Waals surface area (Å²) >= 11 is 0. The minimum absolute atomic E-state index is 0.0187. The SMILES string of the molecule is CCC1CCC(CN(O)C=O)(C(=O)NNc2nccc(C)n2)CC1. The predicted octanol–water partition coefficient (Wildman–Crippen LogP) is 1.66. The summed E-state index contributed by atoms with van der Waals surface area (Å²) in [6, 6.07) is 1.76. The molecule has 2 rings (SSSR count). The van der Waals surface area contributed by atoms with E-state index in [1.807, 2.05) is 6.92 Å². The topological polar surface area (TPSA) is 107 Å². The van der Waals surface area contributed by atoms with Crippen LogP contribution in [0, 0.1) is 18.3 Å². The minimum atomic E-state index is -0.807. The maximum atomic E-state index is 12.7. The zero-order valence-corrected chi connectivity index (χ0v) is 14.2. The summed E-state index contributed by atoms with van der Waals surface area (Å²) < 4.78 is 0. The first-order valence-corrected chi connectivity index (χ1v) is 8.26. The molecule has 8 nitrogen and oxygen atoms in total. The molecule has 1 heterocycles. The molecule has 0 unspecified atom stereocenters. The largest absolute Gasteiger partial charge is 0.286 e. The Balaban J connectivity index is 2.05. The van der Waals surface area contributed by atoms with Crippen LogP contribution in [0.4, 0.5) is 5.95 Å². The fourth-order valence-corrected chi connectivity index (χ4v) is 3.20. The Morgan fingerprint density at radius 2 is 2.21 bits per heavy atom. The first-order chi connectivity index (χ1) is 11.5. The van der Waals surface area contributed by atoms with Gasteiger partial charge < -0.3 is 0 Å². The minimum Gasteiger partial charge on any atom is -0.286 e. The molecule has 1 saturated carbocycles. The van der Waals surface area contributed by atoms with Crippen LogP contribution in [0.15, 0.2) is 12.3 Å². The van der Waals surface area contributed by atoms with Gasteiger partial charge in [0.15, 0.2) is 0 Å². The molecular weight excluding hydrogens is 310 g/mol. The van der Waals surface area contributed by atoms with Gasteiger partial charge in [0.25, 0.3) is 0 Å². The van der Waals surface area contributed by atoms with Gasteiger partial charge in [-0.15, -0.1) is 0 Å². The fourth-order valence-electron chi connectivity index (χ4n) is 3.20. The van der Waals surface area contributed by atoms with Crippen LogP contribution in [0.25, 0.3) is 0 Å². The molecule has 132 valence electrons. The molecule has 0 radical (unpaired) electrons. The zero-order chi connectivity index (χ0) is 17.6. The van der Waals surface area contributed by atoms with Crippen LogP contribution in [0.5, 0.6) is 0 Å². The summed E-state index contributed by atoms with van der Waals surface area (Å²) in [6.45, 7) is 3.95. The van der Waals surface area contributed by atoms with E-state index in [4.69, 9.17) is 0 Å². The summed E-state index contributed by atoms with van der Waals surface area (Å²) in [5, 5.41) is 10.2. The second kappa shape index (κ2) is 8.05. The highest BCUT2D eigenvalue weighted by Crippen LogP contribution is 2.40. The number of hydrogen-bond acceptors (Lipinski definition) is 6. The van der Waals surface area contributed by atoms with Crippen LogP contribution < -0.4 is 10.9 Å². The molecule has 0 bridgehead atoms. The summed E-state index contributed by atoms with van der Waals surface area (Å²) in [4.78, 5) is 31.7. The van der Waals surface area contributed by atoms with Crippen LogP contribution in [-0.2, 0) is 9.59 Å². The lowest BCUT2D eigenvalue weighted by molar-refractivity contribution is -0.163. The molecule has 1 aliphatic rings. The van der Waals surface area contributed by atoms with Crippen LogP contribution in [0.3, 0.4) is 0 Å². The van der Waals surface area contributed by atoms with E-state index >= 15 is 0 Å². The van der Waals surface area contributed by atoms with Crippen molar-refractivity contribution < 1.29 is 14.8 Å². The van der Waals surface area contributed by atoms with E-state index in [2.05, 4.69) is 27.7 Å². The number of nitrogens with one attached hydrogen (secondary N) is 2. The van der Waals surface area contributed by atoms with Crippen molar-refractivity contribution in [1.29, 1.82) is 0 Å². The molecule has 3 N–H and O–H groups in total. The van der Waals surface area contributed by atoms with Crippen molar-refractivity contribution >= 4 is 18.3 Å². The maximum absolute atomic E-state index is 12.7. The molecule has 8 heteroatoms. The number of aromatic nitrogens is 2. The first-order valence-electron chi connectivity index (χ1n) is 8.26. The second-order valence-corrected chi connectivity index (χ2v) is 6.44. The van der Waals surface area contributed by atoms with Gasteiger partial charge >= 0.3 is 0 Å². The quantitative estimate of drug-likeness (QED) is 0.397. The average molecular weight is 335 g/mol. The Hall–Kier alpha value is -2.22. The fraction of sp³-hybridized carbons (Fsp3) is 0.625. The van der Waals surface area contributed by atoms with Crippen molar-refractivity contribution in [3.05, 3.63) is 18.0 Å². The van der Waals surface area contributed by atoms with Crippen LogP contribution in [0.1, 0.15) is 44.7 Å². The van der Waals surface area contributed by atoms with E-state index in [1.54, 1.807) is 12.3 Å². The van der Waals surface area contributed by atoms with Crippen molar-refractivity contribution in [3.8, 4) is 0 Å². The van der Waals surface area contributed by atoms with E-state index in [1.165, 1.54) is 0 Å². The number of hydrogen-bond donors (Lipinski definition) is 3. The summed E-state index contributed by atoms with van der Waals surface area (Å²) in [7, 11) is 0. The summed E-state index contributed by atoms with van der Waals surface area (Å²) in [5.74, 6) is 0.627. The van der Waals surface area contributed by atoms with Crippen molar-refractivity contribution in [3.63, 3.8) is 0 Å². The highest BCUT2D eigenvalue weighted by atomic mass is 16.5. The number of hydrazine groups is 1. The third kappa shape index (κ3) is 4.41. The van der Waals surface area contributed by atoms with E-state index in [0.29, 0.717) is 36.2 Å². The number of nitrogens with zero attached hydrogens (tertiary/aromatic N) is 3. The summed E-state index contributed by atoms with van der Waals surface area (Å²) in [5.41, 5.74) is 5.32. The van der Waals surface area contributed by atoms with E-state index < -0.39 is 5.41 Å². The van der Waals surface area contributed by atoms with Crippen LogP contribution in [-0.4, -0.2) is 39.1 Å². The van der Waals surface area contributed by atoms with Gasteiger partial charge in [-0.3, -0.25) is 25.6 Å². The molecule has 0 saturated heterocycles. The lowest BCUT2D eigenvalue weighted by atomic mass is 9.69. The Kier molecular flexibility index (Phi) is 6.08. The van der Waals surface area contributed by atoms with Crippen molar-refractivity contribution in [2.75, 3.05) is 12.0 Å². The summed E-state index contributed by atoms with van der Waals surface area (Å²) in [6.07, 6.45) is 6.05. The molecule has 1 aliphatic carbocycles. The number of carbonyl (C=O) groups is 2. The molecule has 2 amide bonds. The Bertz CT molecular complexity index is 573. The molecule has 1 fully saturated rings. The van der Waals surface area contributed by atoms with Gasteiger partial charge in [0.1, 0.15) is 0 Å². The average Bonchev–Trinajstić information content (AvgIpc) is 2.60. The normalized spacial score (nSPS) is 23.4. The van der Waals surface area contributed by atoms with Crippen molar-refractivity contribution in [2.45, 2.75) is 46.0 Å². The Labute approximate surface area is 141 Å². The van der Waals surface area contributed by atoms with Crippen molar-refractivity contribution in [1.82, 2.24) is 20.5 Å². The lowest BCUT2D eigenvalue weighted by Gasteiger charge is -2.39. The number of hydroxylamine groups is 2. The van der Waals surface area contributed by atoms with Crippen LogP contribution in [0.2, 0.25) is 0 Å². The highest BCUT2D eigenvalue weighted by molar-refractivity contribution is 5.84. The smallest absolute Gasteiger partial charge is 0.246 e. The molecular formula is C16H25N5O3. The number of carbonyl (C=O) groups excluding carboxylic acids is 2. The molecule has 0 spiro atoms. The third-order valence-electron chi connectivity index (χ3n) is 4.79. The van der Waals surface area contributed by atoms with Gasteiger partial charge in [0.2, 0.25) is 18.3 Å². The van der Waals surface area contributed by atoms with Gasteiger partial charge in [-0.1, -0.05) is 13.3 Å². The van der Waals surface area contributed by atoms with E-state index in [-0.39, 0.29) is 12.5 Å². The lowest BCUT2D eigenvalue weighted by Crippen LogP contribution is -2.51. The number of anilines is 1. The molecule has 0 atom stereocenters. The molecule has 1 aromatic heterocycles. The van der Waals surface area contributed by atoms with E-state index in [0.717, 1.165) is 25.0 Å². The second-order valence-electron chi connectivity index (χ2n) is 6.44. The van der Waals surface area contributed by atoms with Gasteiger partial charge in [-0.05, 0) is 44.6 Å². The molecule has 1 aromatic rings. The van der Waals surface area contributed by atoms with Gasteiger partial charge in [0.05, 0.1) is 12.0 Å². The molecule has 24 heavy (non-hydrogen) atoms. The highest BCUT2D eigenvalue weighted by Gasteiger charge is 2.43. The Morgan fingerprint density at radius 1 is 1.50 bits per heavy atom. The standard InChI is InChI=1S/C16H25N5O3/c1-3-13-4-7-16(8-5-13,10-21(24)11-22)14(23)19-20-15-17-9-6-12(2)18-15/h6,9,11,13,24H,3-5,7-8,10H2,1-2H3,(H,19,23)(H,17,18,20). The van der Waals surface area contributed by atoms with Crippen LogP contribution >= 0.6 is 0 Å². The maximum Gasteiger partial charge on any atom is 0.246 e. The number of aryl methyl sites for hydroxylation is 1. The van der Waals surface area contributed by atoms with Gasteiger partial charge in [-0.2, -0.15) is 0 Å².